The standard InChI is InChI=1S/C20H16N4O3S/c21-20(25)14-9-10-18-17(12-14)19(23-22-18)13-5-4-6-15(11-13)24-28(26,27)16-7-2-1-3-8-16/h1-12,24H,(H2,21,25)(H,22,23). The second-order valence-corrected chi connectivity index (χ2v) is 7.88. The Hall–Kier alpha value is -3.65. The highest BCUT2D eigenvalue weighted by atomic mass is 32.2. The van der Waals surface area contributed by atoms with Crippen LogP contribution in [0.2, 0.25) is 0 Å². The van der Waals surface area contributed by atoms with E-state index in [0.29, 0.717) is 22.5 Å². The molecule has 0 aliphatic carbocycles. The number of hydrogen-bond donors (Lipinski definition) is 3. The number of nitrogens with zero attached hydrogens (tertiary/aromatic N) is 1. The quantitative estimate of drug-likeness (QED) is 0.483. The van der Waals surface area contributed by atoms with E-state index in [2.05, 4.69) is 14.9 Å². The van der Waals surface area contributed by atoms with Crippen LogP contribution in [0.5, 0.6) is 0 Å². The molecule has 0 radical (unpaired) electrons. The van der Waals surface area contributed by atoms with E-state index in [1.165, 1.54) is 12.1 Å². The summed E-state index contributed by atoms with van der Waals surface area (Å²) >= 11 is 0. The van der Waals surface area contributed by atoms with Crippen molar-refractivity contribution in [1.29, 1.82) is 0 Å². The van der Waals surface area contributed by atoms with Gasteiger partial charge in [-0.1, -0.05) is 30.3 Å². The SMILES string of the molecule is NC(=O)c1ccc2[nH]nc(-c3cccc(NS(=O)(=O)c4ccccc4)c3)c2c1. The van der Waals surface area contributed by atoms with Crippen molar-refractivity contribution in [2.75, 3.05) is 4.72 Å². The Morgan fingerprint density at radius 1 is 0.964 bits per heavy atom. The number of carbonyl (C=O) groups excluding carboxylic acids is 1. The summed E-state index contributed by atoms with van der Waals surface area (Å²) < 4.78 is 27.7. The maximum absolute atomic E-state index is 12.5. The van der Waals surface area contributed by atoms with Gasteiger partial charge in [0.1, 0.15) is 0 Å². The molecule has 0 saturated heterocycles. The van der Waals surface area contributed by atoms with Crippen molar-refractivity contribution in [3.05, 3.63) is 78.4 Å². The molecule has 1 aromatic heterocycles. The minimum absolute atomic E-state index is 0.178. The van der Waals surface area contributed by atoms with Gasteiger partial charge in [-0.05, 0) is 42.5 Å². The molecule has 140 valence electrons. The van der Waals surface area contributed by atoms with Gasteiger partial charge in [0.25, 0.3) is 10.0 Å². The van der Waals surface area contributed by atoms with E-state index < -0.39 is 15.9 Å². The normalized spacial score (nSPS) is 11.4. The molecule has 28 heavy (non-hydrogen) atoms. The molecule has 0 atom stereocenters. The third-order valence-electron chi connectivity index (χ3n) is 4.29. The van der Waals surface area contributed by atoms with Crippen molar-refractivity contribution in [3.63, 3.8) is 0 Å². The average Bonchev–Trinajstić information content (AvgIpc) is 3.12. The van der Waals surface area contributed by atoms with E-state index >= 15 is 0 Å². The first-order valence-electron chi connectivity index (χ1n) is 8.40. The third kappa shape index (κ3) is 3.33. The maximum atomic E-state index is 12.5. The fourth-order valence-corrected chi connectivity index (χ4v) is 4.00. The number of rotatable bonds is 5. The fourth-order valence-electron chi connectivity index (χ4n) is 2.93. The molecule has 0 saturated carbocycles. The second-order valence-electron chi connectivity index (χ2n) is 6.20. The van der Waals surface area contributed by atoms with Gasteiger partial charge in [0.2, 0.25) is 5.91 Å². The fraction of sp³-hybridized carbons (Fsp3) is 0. The molecule has 4 N–H and O–H groups in total. The lowest BCUT2D eigenvalue weighted by molar-refractivity contribution is 0.100. The summed E-state index contributed by atoms with van der Waals surface area (Å²) in [4.78, 5) is 11.7. The van der Waals surface area contributed by atoms with Gasteiger partial charge >= 0.3 is 0 Å². The number of hydrogen-bond acceptors (Lipinski definition) is 4. The summed E-state index contributed by atoms with van der Waals surface area (Å²) in [5.41, 5.74) is 8.18. The summed E-state index contributed by atoms with van der Waals surface area (Å²) in [5.74, 6) is -0.529. The molecule has 0 aliphatic rings. The third-order valence-corrected chi connectivity index (χ3v) is 5.69. The molecule has 0 bridgehead atoms. The lowest BCUT2D eigenvalue weighted by Gasteiger charge is -2.09. The molecular formula is C20H16N4O3S. The molecule has 8 heteroatoms. The average molecular weight is 392 g/mol. The van der Waals surface area contributed by atoms with Gasteiger partial charge in [0, 0.05) is 22.2 Å². The minimum Gasteiger partial charge on any atom is -0.366 e. The second kappa shape index (κ2) is 6.82. The van der Waals surface area contributed by atoms with Crippen LogP contribution < -0.4 is 10.5 Å². The first-order chi connectivity index (χ1) is 13.4. The molecule has 1 amide bonds. The van der Waals surface area contributed by atoms with Crippen LogP contribution in [-0.4, -0.2) is 24.5 Å². The van der Waals surface area contributed by atoms with Crippen molar-refractivity contribution in [2.45, 2.75) is 4.90 Å². The van der Waals surface area contributed by atoms with Crippen molar-refractivity contribution in [1.82, 2.24) is 10.2 Å². The van der Waals surface area contributed by atoms with Crippen LogP contribution in [0.4, 0.5) is 5.69 Å². The lowest BCUT2D eigenvalue weighted by atomic mass is 10.0. The van der Waals surface area contributed by atoms with Gasteiger partial charge in [-0.3, -0.25) is 14.6 Å². The number of H-pyrrole nitrogens is 1. The van der Waals surface area contributed by atoms with Gasteiger partial charge < -0.3 is 5.73 Å². The number of carbonyl (C=O) groups is 1. The molecule has 0 spiro atoms. The highest BCUT2D eigenvalue weighted by Crippen LogP contribution is 2.29. The van der Waals surface area contributed by atoms with Crippen LogP contribution in [-0.2, 0) is 10.0 Å². The Morgan fingerprint density at radius 3 is 2.50 bits per heavy atom. The number of primary amides is 1. The zero-order chi connectivity index (χ0) is 19.7. The van der Waals surface area contributed by atoms with E-state index in [1.54, 1.807) is 54.6 Å². The molecule has 0 unspecified atom stereocenters. The number of aromatic nitrogens is 2. The lowest BCUT2D eigenvalue weighted by Crippen LogP contribution is -2.12. The van der Waals surface area contributed by atoms with Crippen molar-refractivity contribution < 1.29 is 13.2 Å². The number of nitrogens with one attached hydrogen (secondary N) is 2. The molecule has 0 aliphatic heterocycles. The van der Waals surface area contributed by atoms with Crippen molar-refractivity contribution in [3.8, 4) is 11.3 Å². The van der Waals surface area contributed by atoms with Gasteiger partial charge in [-0.15, -0.1) is 0 Å². The number of anilines is 1. The smallest absolute Gasteiger partial charge is 0.261 e. The van der Waals surface area contributed by atoms with E-state index in [-0.39, 0.29) is 4.90 Å². The van der Waals surface area contributed by atoms with Crippen LogP contribution in [0, 0.1) is 0 Å². The Bertz CT molecular complexity index is 1280. The topological polar surface area (TPSA) is 118 Å². The molecule has 7 nitrogen and oxygen atoms in total. The monoisotopic (exact) mass is 392 g/mol. The largest absolute Gasteiger partial charge is 0.366 e. The Morgan fingerprint density at radius 2 is 1.75 bits per heavy atom. The molecule has 1 heterocycles. The molecular weight excluding hydrogens is 376 g/mol. The van der Waals surface area contributed by atoms with Gasteiger partial charge in [0.15, 0.2) is 0 Å². The van der Waals surface area contributed by atoms with Gasteiger partial charge in [-0.2, -0.15) is 5.10 Å². The Balaban J connectivity index is 1.73. The van der Waals surface area contributed by atoms with Crippen LogP contribution in [0.15, 0.2) is 77.7 Å². The Labute approximate surface area is 161 Å². The Kier molecular flexibility index (Phi) is 4.32. The number of fused-ring (bicyclic) bond motifs is 1. The summed E-state index contributed by atoms with van der Waals surface area (Å²) in [6.07, 6.45) is 0. The summed E-state index contributed by atoms with van der Waals surface area (Å²) in [7, 11) is -3.70. The van der Waals surface area contributed by atoms with Crippen molar-refractivity contribution >= 4 is 32.5 Å². The number of sulfonamides is 1. The van der Waals surface area contributed by atoms with Crippen LogP contribution in [0.3, 0.4) is 0 Å². The van der Waals surface area contributed by atoms with E-state index in [1.807, 2.05) is 6.07 Å². The number of amides is 1. The minimum atomic E-state index is -3.70. The van der Waals surface area contributed by atoms with E-state index in [0.717, 1.165) is 10.9 Å². The molecule has 4 aromatic rings. The number of nitrogens with two attached hydrogens (primary N) is 1. The summed E-state index contributed by atoms with van der Waals surface area (Å²) in [6, 6.07) is 20.0. The molecule has 4 rings (SSSR count). The zero-order valence-electron chi connectivity index (χ0n) is 14.6. The number of aromatic amines is 1. The van der Waals surface area contributed by atoms with Gasteiger partial charge in [-0.25, -0.2) is 8.42 Å². The first kappa shape index (κ1) is 17.7. The van der Waals surface area contributed by atoms with Crippen LogP contribution >= 0.6 is 0 Å². The summed E-state index contributed by atoms with van der Waals surface area (Å²) in [6.45, 7) is 0. The highest BCUT2D eigenvalue weighted by molar-refractivity contribution is 7.92. The molecule has 0 fully saturated rings. The van der Waals surface area contributed by atoms with Crippen LogP contribution in [0.1, 0.15) is 10.4 Å². The van der Waals surface area contributed by atoms with Crippen LogP contribution in [0.25, 0.3) is 22.2 Å². The van der Waals surface area contributed by atoms with E-state index in [4.69, 9.17) is 5.73 Å². The predicted octanol–water partition coefficient (Wildman–Crippen LogP) is 3.13. The highest BCUT2D eigenvalue weighted by Gasteiger charge is 2.15. The predicted molar refractivity (Wildman–Crippen MR) is 107 cm³/mol. The number of benzene rings is 3. The summed E-state index contributed by atoms with van der Waals surface area (Å²) in [5, 5.41) is 7.93. The van der Waals surface area contributed by atoms with Crippen molar-refractivity contribution in [2.24, 2.45) is 5.73 Å². The molecule has 3 aromatic carbocycles. The maximum Gasteiger partial charge on any atom is 0.261 e. The zero-order valence-corrected chi connectivity index (χ0v) is 15.4. The van der Waals surface area contributed by atoms with E-state index in [9.17, 15) is 13.2 Å². The first-order valence-corrected chi connectivity index (χ1v) is 9.88. The van der Waals surface area contributed by atoms with Gasteiger partial charge in [0.05, 0.1) is 16.1 Å².